The van der Waals surface area contributed by atoms with E-state index in [0.717, 1.165) is 35.1 Å². The van der Waals surface area contributed by atoms with E-state index in [1.807, 2.05) is 18.3 Å². The molecular formula is C15H21N3O. The van der Waals surface area contributed by atoms with E-state index in [-0.39, 0.29) is 6.04 Å². The summed E-state index contributed by atoms with van der Waals surface area (Å²) in [5.74, 6) is 11.0. The van der Waals surface area contributed by atoms with Crippen molar-refractivity contribution in [1.29, 1.82) is 0 Å². The van der Waals surface area contributed by atoms with Crippen LogP contribution in [0.15, 0.2) is 18.3 Å². The van der Waals surface area contributed by atoms with Crippen LogP contribution in [0, 0.1) is 29.6 Å². The van der Waals surface area contributed by atoms with Crippen LogP contribution in [0.4, 0.5) is 0 Å². The lowest BCUT2D eigenvalue weighted by atomic mass is 9.95. The molecule has 1 aromatic rings. The first-order chi connectivity index (χ1) is 9.35. The van der Waals surface area contributed by atoms with Gasteiger partial charge in [-0.25, -0.2) is 0 Å². The van der Waals surface area contributed by atoms with Crippen molar-refractivity contribution in [3.8, 4) is 5.75 Å². The molecule has 3 saturated carbocycles. The number of rotatable bonds is 4. The molecule has 3 aliphatic rings. The Morgan fingerprint density at radius 1 is 1.37 bits per heavy atom. The van der Waals surface area contributed by atoms with E-state index in [1.165, 1.54) is 19.3 Å². The number of methoxy groups -OCH3 is 1. The molecule has 4 heteroatoms. The lowest BCUT2D eigenvalue weighted by Gasteiger charge is -2.20. The van der Waals surface area contributed by atoms with Crippen molar-refractivity contribution in [3.63, 3.8) is 0 Å². The Labute approximate surface area is 113 Å². The van der Waals surface area contributed by atoms with Gasteiger partial charge in [-0.2, -0.15) is 0 Å². The van der Waals surface area contributed by atoms with Gasteiger partial charge in [0, 0.05) is 6.20 Å². The fourth-order valence-corrected chi connectivity index (χ4v) is 5.02. The van der Waals surface area contributed by atoms with E-state index < -0.39 is 0 Å². The monoisotopic (exact) mass is 259 g/mol. The zero-order valence-electron chi connectivity index (χ0n) is 11.3. The van der Waals surface area contributed by atoms with Crippen molar-refractivity contribution < 1.29 is 4.74 Å². The van der Waals surface area contributed by atoms with Gasteiger partial charge in [-0.05, 0) is 61.0 Å². The molecule has 3 N–H and O–H groups in total. The normalized spacial score (nSPS) is 40.0. The topological polar surface area (TPSA) is 60.2 Å². The molecular weight excluding hydrogens is 238 g/mol. The lowest BCUT2D eigenvalue weighted by Crippen LogP contribution is -2.32. The van der Waals surface area contributed by atoms with Crippen molar-refractivity contribution >= 4 is 0 Å². The largest absolute Gasteiger partial charge is 0.495 e. The minimum atomic E-state index is 0.148. The summed E-state index contributed by atoms with van der Waals surface area (Å²) in [6.07, 6.45) is 6.15. The first-order valence-electron chi connectivity index (χ1n) is 7.30. The number of fused-ring (bicyclic) bond motifs is 5. The first kappa shape index (κ1) is 11.7. The SMILES string of the molecule is COc1cccnc1C(NN)C1C2C3CCC(C3)C21. The number of aromatic nitrogens is 1. The maximum absolute atomic E-state index is 5.84. The van der Waals surface area contributed by atoms with E-state index in [2.05, 4.69) is 10.4 Å². The number of hydrogen-bond donors (Lipinski definition) is 2. The Hall–Kier alpha value is -1.13. The molecule has 4 nitrogen and oxygen atoms in total. The highest BCUT2D eigenvalue weighted by atomic mass is 16.5. The number of nitrogens with two attached hydrogens (primary N) is 1. The summed E-state index contributed by atoms with van der Waals surface area (Å²) in [4.78, 5) is 4.51. The predicted molar refractivity (Wildman–Crippen MR) is 72.2 cm³/mol. The molecule has 19 heavy (non-hydrogen) atoms. The maximum atomic E-state index is 5.84. The van der Waals surface area contributed by atoms with E-state index in [1.54, 1.807) is 7.11 Å². The Morgan fingerprint density at radius 3 is 2.74 bits per heavy atom. The molecule has 0 amide bonds. The Bertz CT molecular complexity index is 476. The molecule has 2 bridgehead atoms. The third-order valence-corrected chi connectivity index (χ3v) is 5.67. The smallest absolute Gasteiger partial charge is 0.142 e. The van der Waals surface area contributed by atoms with Gasteiger partial charge in [0.25, 0.3) is 0 Å². The second-order valence-corrected chi connectivity index (χ2v) is 6.30. The van der Waals surface area contributed by atoms with Crippen LogP contribution in [-0.4, -0.2) is 12.1 Å². The van der Waals surface area contributed by atoms with Crippen LogP contribution in [0.2, 0.25) is 0 Å². The number of pyridine rings is 1. The molecule has 5 unspecified atom stereocenters. The standard InChI is InChI=1S/C15H21N3O/c1-19-10-3-2-6-17-14(10)15(18-16)13-11-8-4-5-9(7-8)12(11)13/h2-3,6,8-9,11-13,15,18H,4-5,7,16H2,1H3. The predicted octanol–water partition coefficient (Wildman–Crippen LogP) is 1.89. The van der Waals surface area contributed by atoms with Crippen LogP contribution in [-0.2, 0) is 0 Å². The summed E-state index contributed by atoms with van der Waals surface area (Å²) >= 11 is 0. The van der Waals surface area contributed by atoms with Gasteiger partial charge in [0.15, 0.2) is 0 Å². The summed E-state index contributed by atoms with van der Waals surface area (Å²) in [6, 6.07) is 4.03. The summed E-state index contributed by atoms with van der Waals surface area (Å²) in [7, 11) is 1.70. The van der Waals surface area contributed by atoms with Crippen molar-refractivity contribution in [2.75, 3.05) is 7.11 Å². The average molecular weight is 259 g/mol. The number of hydrazine groups is 1. The van der Waals surface area contributed by atoms with Crippen LogP contribution in [0.1, 0.15) is 31.0 Å². The van der Waals surface area contributed by atoms with Gasteiger partial charge in [0.1, 0.15) is 11.4 Å². The molecule has 5 atom stereocenters. The molecule has 3 aliphatic carbocycles. The molecule has 0 spiro atoms. The molecule has 4 rings (SSSR count). The van der Waals surface area contributed by atoms with Gasteiger partial charge in [-0.15, -0.1) is 0 Å². The maximum Gasteiger partial charge on any atom is 0.142 e. The fraction of sp³-hybridized carbons (Fsp3) is 0.667. The average Bonchev–Trinajstić information content (AvgIpc) is 2.88. The van der Waals surface area contributed by atoms with E-state index >= 15 is 0 Å². The van der Waals surface area contributed by atoms with Gasteiger partial charge < -0.3 is 4.74 Å². The molecule has 3 fully saturated rings. The number of nitrogens with one attached hydrogen (secondary N) is 1. The van der Waals surface area contributed by atoms with Crippen LogP contribution in [0.25, 0.3) is 0 Å². The molecule has 0 radical (unpaired) electrons. The van der Waals surface area contributed by atoms with E-state index in [9.17, 15) is 0 Å². The lowest BCUT2D eigenvalue weighted by molar-refractivity contribution is 0.347. The van der Waals surface area contributed by atoms with Gasteiger partial charge in [0.05, 0.1) is 13.2 Å². The van der Waals surface area contributed by atoms with Crippen molar-refractivity contribution in [2.24, 2.45) is 35.4 Å². The zero-order chi connectivity index (χ0) is 13.0. The van der Waals surface area contributed by atoms with Crippen LogP contribution in [0.3, 0.4) is 0 Å². The summed E-state index contributed by atoms with van der Waals surface area (Å²) in [5, 5.41) is 0. The zero-order valence-corrected chi connectivity index (χ0v) is 11.3. The molecule has 1 aromatic heterocycles. The third-order valence-electron chi connectivity index (χ3n) is 5.67. The molecule has 0 aromatic carbocycles. The number of hydrogen-bond acceptors (Lipinski definition) is 4. The third kappa shape index (κ3) is 1.56. The van der Waals surface area contributed by atoms with Crippen LogP contribution >= 0.6 is 0 Å². The summed E-state index contributed by atoms with van der Waals surface area (Å²) < 4.78 is 5.44. The summed E-state index contributed by atoms with van der Waals surface area (Å²) in [5.41, 5.74) is 3.99. The molecule has 1 heterocycles. The Balaban J connectivity index is 1.63. The Morgan fingerprint density at radius 2 is 2.11 bits per heavy atom. The van der Waals surface area contributed by atoms with Gasteiger partial charge >= 0.3 is 0 Å². The molecule has 0 saturated heterocycles. The van der Waals surface area contributed by atoms with Crippen molar-refractivity contribution in [3.05, 3.63) is 24.0 Å². The van der Waals surface area contributed by atoms with Crippen LogP contribution < -0.4 is 16.0 Å². The van der Waals surface area contributed by atoms with Gasteiger partial charge in [-0.3, -0.25) is 16.3 Å². The second kappa shape index (κ2) is 4.18. The first-order valence-corrected chi connectivity index (χ1v) is 7.30. The minimum absolute atomic E-state index is 0.148. The quantitative estimate of drug-likeness (QED) is 0.640. The van der Waals surface area contributed by atoms with Crippen molar-refractivity contribution in [2.45, 2.75) is 25.3 Å². The van der Waals surface area contributed by atoms with Gasteiger partial charge in [0.2, 0.25) is 0 Å². The highest BCUT2D eigenvalue weighted by Crippen LogP contribution is 2.72. The Kier molecular flexibility index (Phi) is 2.57. The van der Waals surface area contributed by atoms with Crippen molar-refractivity contribution in [1.82, 2.24) is 10.4 Å². The highest BCUT2D eigenvalue weighted by molar-refractivity contribution is 5.32. The number of nitrogens with zero attached hydrogens (tertiary/aromatic N) is 1. The molecule has 0 aliphatic heterocycles. The molecule has 102 valence electrons. The van der Waals surface area contributed by atoms with E-state index in [0.29, 0.717) is 5.92 Å². The van der Waals surface area contributed by atoms with Crippen LogP contribution in [0.5, 0.6) is 5.75 Å². The second-order valence-electron chi connectivity index (χ2n) is 6.30. The fourth-order valence-electron chi connectivity index (χ4n) is 5.02. The van der Waals surface area contributed by atoms with E-state index in [4.69, 9.17) is 10.6 Å². The van der Waals surface area contributed by atoms with Gasteiger partial charge in [-0.1, -0.05) is 0 Å². The highest BCUT2D eigenvalue weighted by Gasteiger charge is 2.67. The summed E-state index contributed by atoms with van der Waals surface area (Å²) in [6.45, 7) is 0. The minimum Gasteiger partial charge on any atom is -0.495 e. The number of ether oxygens (including phenoxy) is 1.